The molecule has 3 atom stereocenters. The van der Waals surface area contributed by atoms with E-state index in [1.54, 1.807) is 0 Å². The number of likely N-dealkylation sites (tertiary alicyclic amines) is 1. The van der Waals surface area contributed by atoms with Crippen LogP contribution in [0.4, 0.5) is 13.2 Å². The fraction of sp³-hybridized carbons (Fsp3) is 0.571. The van der Waals surface area contributed by atoms with Gasteiger partial charge < -0.3 is 15.2 Å². The maximum atomic E-state index is 12.3. The highest BCUT2D eigenvalue weighted by Crippen LogP contribution is 2.34. The van der Waals surface area contributed by atoms with Crippen LogP contribution in [0.15, 0.2) is 24.3 Å². The van der Waals surface area contributed by atoms with Crippen molar-refractivity contribution in [2.75, 3.05) is 13.1 Å². The second kappa shape index (κ2) is 9.66. The zero-order chi connectivity index (χ0) is 22.6. The van der Waals surface area contributed by atoms with Crippen LogP contribution in [0.3, 0.4) is 0 Å². The number of nitriles is 1. The lowest BCUT2D eigenvalue weighted by Crippen LogP contribution is -2.37. The van der Waals surface area contributed by atoms with Crippen molar-refractivity contribution in [2.45, 2.75) is 56.7 Å². The number of nitrogens with one attached hydrogen (secondary N) is 1. The monoisotopic (exact) mass is 439 g/mol. The van der Waals surface area contributed by atoms with Gasteiger partial charge in [0.25, 0.3) is 0 Å². The number of hydrogen-bond donors (Lipinski definition) is 2. The summed E-state index contributed by atoms with van der Waals surface area (Å²) < 4.78 is 37.7. The van der Waals surface area contributed by atoms with Crippen molar-refractivity contribution in [3.63, 3.8) is 0 Å². The summed E-state index contributed by atoms with van der Waals surface area (Å²) in [6.45, 7) is 2.61. The quantitative estimate of drug-likeness (QED) is 0.731. The van der Waals surface area contributed by atoms with Gasteiger partial charge in [0.1, 0.15) is 6.10 Å². The third kappa shape index (κ3) is 6.42. The molecule has 4 rings (SSSR count). The van der Waals surface area contributed by atoms with Gasteiger partial charge in [0, 0.05) is 32.1 Å². The van der Waals surface area contributed by atoms with Crippen LogP contribution in [0, 0.1) is 17.2 Å². The maximum absolute atomic E-state index is 12.3. The fourth-order valence-electron chi connectivity index (χ4n) is 3.85. The summed E-state index contributed by atoms with van der Waals surface area (Å²) in [6, 6.07) is 10.3. The van der Waals surface area contributed by atoms with Gasteiger partial charge in [-0.1, -0.05) is 12.1 Å². The normalized spacial score (nSPS) is 25.2. The van der Waals surface area contributed by atoms with E-state index in [9.17, 15) is 18.0 Å². The van der Waals surface area contributed by atoms with Crippen molar-refractivity contribution in [3.05, 3.63) is 35.4 Å². The molecule has 2 aliphatic heterocycles. The number of nitrogens with zero attached hydrogens (tertiary/aromatic N) is 2. The highest BCUT2D eigenvalue weighted by molar-refractivity contribution is 5.81. The molecule has 1 aromatic carbocycles. The van der Waals surface area contributed by atoms with Gasteiger partial charge >= 0.3 is 12.1 Å². The largest absolute Gasteiger partial charge is 0.490 e. The fourth-order valence-corrected chi connectivity index (χ4v) is 3.85. The van der Waals surface area contributed by atoms with Gasteiger partial charge in [-0.2, -0.15) is 18.4 Å². The van der Waals surface area contributed by atoms with Crippen molar-refractivity contribution in [2.24, 2.45) is 5.92 Å². The van der Waals surface area contributed by atoms with Crippen LogP contribution in [0.25, 0.3) is 0 Å². The lowest BCUT2D eigenvalue weighted by atomic mass is 10.1. The topological polar surface area (TPSA) is 103 Å². The second-order valence-electron chi connectivity index (χ2n) is 8.03. The first kappa shape index (κ1) is 23.0. The molecule has 1 aliphatic carbocycles. The Hall–Kier alpha value is -2.64. The second-order valence-corrected chi connectivity index (χ2v) is 8.03. The Kier molecular flexibility index (Phi) is 7.18. The molecule has 1 amide bonds. The van der Waals surface area contributed by atoms with E-state index >= 15 is 0 Å². The van der Waals surface area contributed by atoms with Gasteiger partial charge in [-0.3, -0.25) is 9.69 Å². The third-order valence-corrected chi connectivity index (χ3v) is 5.63. The molecular formula is C21H24F3N3O4. The first-order chi connectivity index (χ1) is 14.7. The van der Waals surface area contributed by atoms with E-state index in [-0.39, 0.29) is 18.1 Å². The summed E-state index contributed by atoms with van der Waals surface area (Å²) in [5, 5.41) is 19.2. The summed E-state index contributed by atoms with van der Waals surface area (Å²) in [5.74, 6) is -2.01. The van der Waals surface area contributed by atoms with E-state index < -0.39 is 12.1 Å². The van der Waals surface area contributed by atoms with E-state index in [0.717, 1.165) is 38.0 Å². The minimum absolute atomic E-state index is 0.0581. The van der Waals surface area contributed by atoms with Crippen molar-refractivity contribution in [1.29, 1.82) is 5.26 Å². The molecule has 168 valence electrons. The predicted octanol–water partition coefficient (Wildman–Crippen LogP) is 2.45. The number of fused-ring (bicyclic) bond motifs is 1. The Morgan fingerprint density at radius 1 is 1.29 bits per heavy atom. The Morgan fingerprint density at radius 3 is 2.61 bits per heavy atom. The molecule has 0 unspecified atom stereocenters. The number of hydrogen-bond acceptors (Lipinski definition) is 5. The van der Waals surface area contributed by atoms with Crippen molar-refractivity contribution in [3.8, 4) is 6.07 Å². The van der Waals surface area contributed by atoms with E-state index in [4.69, 9.17) is 19.9 Å². The van der Waals surface area contributed by atoms with Gasteiger partial charge in [-0.05, 0) is 42.9 Å². The number of amides is 1. The lowest BCUT2D eigenvalue weighted by molar-refractivity contribution is -0.192. The van der Waals surface area contributed by atoms with E-state index in [0.29, 0.717) is 17.5 Å². The van der Waals surface area contributed by atoms with Crippen molar-refractivity contribution >= 4 is 11.9 Å². The number of carboxylic acid groups (broad SMARTS) is 1. The van der Waals surface area contributed by atoms with Crippen molar-refractivity contribution < 1.29 is 32.6 Å². The Bertz CT molecular complexity index is 851. The first-order valence-corrected chi connectivity index (χ1v) is 10.1. The SMILES string of the molecule is N#Cc1cccc(CN2CC[C@@H]3O[C@H](C(=O)NCC4CC4)C[C@@H]32)c1.O=C(O)C(F)(F)F. The standard InChI is InChI=1S/C19H23N3O2.C2HF3O2/c20-10-14-2-1-3-15(8-14)12-22-7-6-17-16(22)9-18(24-17)19(23)21-11-13-4-5-13;3-2(4,5)1(6)7/h1-3,8,13,16-18H,4-7,9,11-12H2,(H,21,23);(H,6,7)/t16-,17-,18-;/m0./s1. The third-order valence-electron chi connectivity index (χ3n) is 5.63. The molecule has 3 aliphatic rings. The number of halogens is 3. The average Bonchev–Trinajstić information content (AvgIpc) is 3.34. The first-order valence-electron chi connectivity index (χ1n) is 10.1. The molecule has 3 fully saturated rings. The Balaban J connectivity index is 0.000000339. The van der Waals surface area contributed by atoms with Gasteiger partial charge in [0.2, 0.25) is 5.91 Å². The number of rotatable bonds is 5. The predicted molar refractivity (Wildman–Crippen MR) is 103 cm³/mol. The number of carboxylic acids is 1. The van der Waals surface area contributed by atoms with Crippen LogP contribution >= 0.6 is 0 Å². The molecule has 1 aromatic rings. The van der Waals surface area contributed by atoms with Crippen LogP contribution in [0.5, 0.6) is 0 Å². The lowest BCUT2D eigenvalue weighted by Gasteiger charge is -2.22. The maximum Gasteiger partial charge on any atom is 0.490 e. The minimum Gasteiger partial charge on any atom is -0.475 e. The molecule has 2 N–H and O–H groups in total. The number of ether oxygens (including phenoxy) is 1. The Morgan fingerprint density at radius 2 is 2.00 bits per heavy atom. The average molecular weight is 439 g/mol. The zero-order valence-corrected chi connectivity index (χ0v) is 16.8. The van der Waals surface area contributed by atoms with Gasteiger partial charge in [0.05, 0.1) is 17.7 Å². The van der Waals surface area contributed by atoms with Gasteiger partial charge in [0.15, 0.2) is 0 Å². The molecule has 10 heteroatoms. The number of benzene rings is 1. The summed E-state index contributed by atoms with van der Waals surface area (Å²) >= 11 is 0. The van der Waals surface area contributed by atoms with Crippen LogP contribution in [0.2, 0.25) is 0 Å². The van der Waals surface area contributed by atoms with Crippen molar-refractivity contribution in [1.82, 2.24) is 10.2 Å². The van der Waals surface area contributed by atoms with E-state index in [2.05, 4.69) is 22.4 Å². The number of carbonyl (C=O) groups excluding carboxylic acids is 1. The highest BCUT2D eigenvalue weighted by Gasteiger charge is 2.45. The number of carbonyl (C=O) groups is 2. The smallest absolute Gasteiger partial charge is 0.475 e. The molecule has 7 nitrogen and oxygen atoms in total. The van der Waals surface area contributed by atoms with Gasteiger partial charge in [-0.25, -0.2) is 4.79 Å². The number of aliphatic carboxylic acids is 1. The molecule has 0 radical (unpaired) electrons. The molecule has 31 heavy (non-hydrogen) atoms. The summed E-state index contributed by atoms with van der Waals surface area (Å²) in [6.07, 6.45) is -0.972. The van der Waals surface area contributed by atoms with Gasteiger partial charge in [-0.15, -0.1) is 0 Å². The molecule has 2 saturated heterocycles. The highest BCUT2D eigenvalue weighted by atomic mass is 19.4. The van der Waals surface area contributed by atoms with Crippen LogP contribution in [0.1, 0.15) is 36.8 Å². The molecule has 0 bridgehead atoms. The molecule has 1 saturated carbocycles. The zero-order valence-electron chi connectivity index (χ0n) is 16.8. The molecule has 2 heterocycles. The molecule has 0 aromatic heterocycles. The molecular weight excluding hydrogens is 415 g/mol. The number of alkyl halides is 3. The minimum atomic E-state index is -5.08. The summed E-state index contributed by atoms with van der Waals surface area (Å²) in [5.41, 5.74) is 1.85. The molecule has 0 spiro atoms. The summed E-state index contributed by atoms with van der Waals surface area (Å²) in [7, 11) is 0. The summed E-state index contributed by atoms with van der Waals surface area (Å²) in [4.78, 5) is 23.6. The van der Waals surface area contributed by atoms with Crippen LogP contribution in [-0.4, -0.2) is 59.4 Å². The van der Waals surface area contributed by atoms with Crippen LogP contribution in [-0.2, 0) is 20.9 Å². The van der Waals surface area contributed by atoms with E-state index in [1.165, 1.54) is 12.8 Å². The Labute approximate surface area is 177 Å². The van der Waals surface area contributed by atoms with E-state index in [1.807, 2.05) is 18.2 Å². The van der Waals surface area contributed by atoms with Crippen LogP contribution < -0.4 is 5.32 Å².